The van der Waals surface area contributed by atoms with Gasteiger partial charge in [0.2, 0.25) is 0 Å². The molecule has 1 N–H and O–H groups in total. The van der Waals surface area contributed by atoms with Crippen molar-refractivity contribution in [2.24, 2.45) is 17.3 Å². The summed E-state index contributed by atoms with van der Waals surface area (Å²) in [6.45, 7) is 0. The number of aldehydes is 1. The van der Waals surface area contributed by atoms with Crippen LogP contribution < -0.4 is 0 Å². The molecule has 0 amide bonds. The van der Waals surface area contributed by atoms with Crippen molar-refractivity contribution in [1.29, 1.82) is 0 Å². The van der Waals surface area contributed by atoms with Gasteiger partial charge in [0.1, 0.15) is 6.29 Å². The Morgan fingerprint density at radius 2 is 2.09 bits per heavy atom. The standard InChI is InChI=1S/C8H10O3/c9-4-6-3-8(6)1-5(2-8)7(10)11/h4-6H,1-3H2,(H,10,11). The highest BCUT2D eigenvalue weighted by Gasteiger charge is 2.62. The Morgan fingerprint density at radius 3 is 2.45 bits per heavy atom. The van der Waals surface area contributed by atoms with E-state index in [4.69, 9.17) is 5.11 Å². The molecule has 0 radical (unpaired) electrons. The fourth-order valence-corrected chi connectivity index (χ4v) is 2.14. The molecule has 2 aliphatic carbocycles. The monoisotopic (exact) mass is 154 g/mol. The van der Waals surface area contributed by atoms with Gasteiger partial charge in [-0.05, 0) is 24.7 Å². The number of carbonyl (C=O) groups is 2. The van der Waals surface area contributed by atoms with Gasteiger partial charge in [-0.15, -0.1) is 0 Å². The van der Waals surface area contributed by atoms with Gasteiger partial charge < -0.3 is 9.90 Å². The third-order valence-electron chi connectivity index (χ3n) is 3.07. The number of hydrogen-bond acceptors (Lipinski definition) is 2. The molecule has 1 atom stereocenters. The van der Waals surface area contributed by atoms with E-state index in [0.29, 0.717) is 0 Å². The molecule has 3 heteroatoms. The summed E-state index contributed by atoms with van der Waals surface area (Å²) in [6, 6.07) is 0. The van der Waals surface area contributed by atoms with Crippen molar-refractivity contribution < 1.29 is 14.7 Å². The van der Waals surface area contributed by atoms with Gasteiger partial charge in [-0.1, -0.05) is 0 Å². The zero-order valence-electron chi connectivity index (χ0n) is 6.12. The van der Waals surface area contributed by atoms with Crippen LogP contribution in [0.1, 0.15) is 19.3 Å². The van der Waals surface area contributed by atoms with Crippen LogP contribution in [-0.4, -0.2) is 17.4 Å². The van der Waals surface area contributed by atoms with Gasteiger partial charge in [0.15, 0.2) is 0 Å². The highest BCUT2D eigenvalue weighted by molar-refractivity contribution is 5.73. The summed E-state index contributed by atoms with van der Waals surface area (Å²) in [6.07, 6.45) is 3.36. The summed E-state index contributed by atoms with van der Waals surface area (Å²) >= 11 is 0. The average molecular weight is 154 g/mol. The lowest BCUT2D eigenvalue weighted by Crippen LogP contribution is -2.33. The predicted octanol–water partition coefficient (Wildman–Crippen LogP) is 0.686. The first kappa shape index (κ1) is 6.83. The van der Waals surface area contributed by atoms with Crippen LogP contribution in [0.5, 0.6) is 0 Å². The Morgan fingerprint density at radius 1 is 1.45 bits per heavy atom. The minimum absolute atomic E-state index is 0.144. The lowest BCUT2D eigenvalue weighted by Gasteiger charge is -2.33. The van der Waals surface area contributed by atoms with E-state index < -0.39 is 5.97 Å². The molecule has 2 aliphatic rings. The lowest BCUT2D eigenvalue weighted by atomic mass is 9.70. The van der Waals surface area contributed by atoms with Gasteiger partial charge in [-0.3, -0.25) is 4.79 Å². The number of rotatable bonds is 2. The molecule has 0 aromatic carbocycles. The zero-order chi connectivity index (χ0) is 8.06. The smallest absolute Gasteiger partial charge is 0.306 e. The van der Waals surface area contributed by atoms with E-state index in [1.54, 1.807) is 0 Å². The number of hydrogen-bond donors (Lipinski definition) is 1. The summed E-state index contributed by atoms with van der Waals surface area (Å²) in [5.74, 6) is -0.690. The molecule has 11 heavy (non-hydrogen) atoms. The molecular formula is C8H10O3. The van der Waals surface area contributed by atoms with E-state index in [-0.39, 0.29) is 17.3 Å². The van der Waals surface area contributed by atoms with Crippen molar-refractivity contribution in [3.8, 4) is 0 Å². The van der Waals surface area contributed by atoms with Crippen molar-refractivity contribution in [3.63, 3.8) is 0 Å². The van der Waals surface area contributed by atoms with Crippen LogP contribution in [0.4, 0.5) is 0 Å². The van der Waals surface area contributed by atoms with Gasteiger partial charge in [0.05, 0.1) is 5.92 Å². The van der Waals surface area contributed by atoms with Crippen molar-refractivity contribution in [2.45, 2.75) is 19.3 Å². The average Bonchev–Trinajstić information content (AvgIpc) is 2.57. The van der Waals surface area contributed by atoms with Crippen LogP contribution in [0.2, 0.25) is 0 Å². The molecule has 0 heterocycles. The van der Waals surface area contributed by atoms with E-state index in [2.05, 4.69) is 0 Å². The second-order valence-corrected chi connectivity index (χ2v) is 3.75. The van der Waals surface area contributed by atoms with Crippen LogP contribution in [0.25, 0.3) is 0 Å². The normalized spacial score (nSPS) is 46.5. The number of carboxylic acid groups (broad SMARTS) is 1. The van der Waals surface area contributed by atoms with Crippen LogP contribution in [0, 0.1) is 17.3 Å². The second kappa shape index (κ2) is 1.84. The van der Waals surface area contributed by atoms with Gasteiger partial charge in [-0.2, -0.15) is 0 Å². The Hall–Kier alpha value is -0.860. The summed E-state index contributed by atoms with van der Waals surface area (Å²) in [7, 11) is 0. The van der Waals surface area contributed by atoms with Crippen molar-refractivity contribution in [1.82, 2.24) is 0 Å². The Kier molecular flexibility index (Phi) is 1.14. The minimum Gasteiger partial charge on any atom is -0.481 e. The molecule has 2 saturated carbocycles. The summed E-state index contributed by atoms with van der Waals surface area (Å²) in [5, 5.41) is 8.56. The van der Waals surface area contributed by atoms with Crippen molar-refractivity contribution >= 4 is 12.3 Å². The van der Waals surface area contributed by atoms with Crippen LogP contribution in [0.3, 0.4) is 0 Å². The molecular weight excluding hydrogens is 144 g/mol. The maximum atomic E-state index is 10.4. The SMILES string of the molecule is O=CC1CC12CC(C(=O)O)C2. The van der Waals surface area contributed by atoms with Gasteiger partial charge in [-0.25, -0.2) is 0 Å². The fourth-order valence-electron chi connectivity index (χ4n) is 2.14. The molecule has 0 bridgehead atoms. The summed E-state index contributed by atoms with van der Waals surface area (Å²) in [4.78, 5) is 20.7. The van der Waals surface area contributed by atoms with Crippen LogP contribution in [0.15, 0.2) is 0 Å². The quantitative estimate of drug-likeness (QED) is 0.595. The lowest BCUT2D eigenvalue weighted by molar-refractivity contribution is -0.147. The largest absolute Gasteiger partial charge is 0.481 e. The Bertz CT molecular complexity index is 215. The molecule has 0 aromatic rings. The van der Waals surface area contributed by atoms with E-state index in [1.165, 1.54) is 0 Å². The van der Waals surface area contributed by atoms with Gasteiger partial charge in [0, 0.05) is 5.92 Å². The van der Waals surface area contributed by atoms with E-state index in [1.807, 2.05) is 0 Å². The Labute approximate surface area is 64.4 Å². The van der Waals surface area contributed by atoms with E-state index >= 15 is 0 Å². The predicted molar refractivity (Wildman–Crippen MR) is 37.0 cm³/mol. The third-order valence-corrected chi connectivity index (χ3v) is 3.07. The van der Waals surface area contributed by atoms with E-state index in [9.17, 15) is 9.59 Å². The first-order chi connectivity index (χ1) is 5.18. The van der Waals surface area contributed by atoms with Crippen LogP contribution in [-0.2, 0) is 9.59 Å². The second-order valence-electron chi connectivity index (χ2n) is 3.75. The maximum absolute atomic E-state index is 10.4. The fraction of sp³-hybridized carbons (Fsp3) is 0.750. The molecule has 1 spiro atoms. The molecule has 1 unspecified atom stereocenters. The third kappa shape index (κ3) is 0.800. The minimum atomic E-state index is -0.702. The molecule has 0 aromatic heterocycles. The molecule has 0 aliphatic heterocycles. The summed E-state index contributed by atoms with van der Waals surface area (Å²) < 4.78 is 0. The molecule has 0 saturated heterocycles. The molecule has 60 valence electrons. The van der Waals surface area contributed by atoms with Crippen LogP contribution >= 0.6 is 0 Å². The van der Waals surface area contributed by atoms with Crippen molar-refractivity contribution in [3.05, 3.63) is 0 Å². The number of carbonyl (C=O) groups excluding carboxylic acids is 1. The number of carboxylic acids is 1. The first-order valence-corrected chi connectivity index (χ1v) is 3.86. The van der Waals surface area contributed by atoms with Crippen molar-refractivity contribution in [2.75, 3.05) is 0 Å². The van der Waals surface area contributed by atoms with E-state index in [0.717, 1.165) is 25.5 Å². The van der Waals surface area contributed by atoms with Gasteiger partial charge in [0.25, 0.3) is 0 Å². The highest BCUT2D eigenvalue weighted by atomic mass is 16.4. The molecule has 2 fully saturated rings. The van der Waals surface area contributed by atoms with Gasteiger partial charge >= 0.3 is 5.97 Å². The highest BCUT2D eigenvalue weighted by Crippen LogP contribution is 2.66. The zero-order valence-corrected chi connectivity index (χ0v) is 6.12. The first-order valence-electron chi connectivity index (χ1n) is 3.86. The molecule has 3 nitrogen and oxygen atoms in total. The summed E-state index contributed by atoms with van der Waals surface area (Å²) in [5.41, 5.74) is 0.144. The maximum Gasteiger partial charge on any atom is 0.306 e. The Balaban J connectivity index is 1.90. The number of aliphatic carboxylic acids is 1. The topological polar surface area (TPSA) is 54.4 Å². The molecule has 2 rings (SSSR count).